The second-order valence-electron chi connectivity index (χ2n) is 8.24. The van der Waals surface area contributed by atoms with Crippen molar-refractivity contribution in [3.8, 4) is 5.75 Å². The van der Waals surface area contributed by atoms with E-state index in [1.54, 1.807) is 12.0 Å². The Bertz CT molecular complexity index is 956. The van der Waals surface area contributed by atoms with E-state index in [9.17, 15) is 18.0 Å². The van der Waals surface area contributed by atoms with Gasteiger partial charge < -0.3 is 14.5 Å². The largest absolute Gasteiger partial charge is 0.496 e. The molecule has 1 unspecified atom stereocenters. The van der Waals surface area contributed by atoms with Gasteiger partial charge in [-0.2, -0.15) is 13.2 Å². The van der Waals surface area contributed by atoms with Crippen LogP contribution in [0.2, 0.25) is 0 Å². The molecule has 0 saturated carbocycles. The molecule has 1 aliphatic heterocycles. The Labute approximate surface area is 185 Å². The highest BCUT2D eigenvalue weighted by Crippen LogP contribution is 2.29. The number of oxime groups is 1. The van der Waals surface area contributed by atoms with Crippen LogP contribution < -0.4 is 4.74 Å². The Morgan fingerprint density at radius 3 is 2.50 bits per heavy atom. The van der Waals surface area contributed by atoms with E-state index in [0.717, 1.165) is 23.4 Å². The molecule has 3 rings (SSSR count). The summed E-state index contributed by atoms with van der Waals surface area (Å²) in [6.07, 6.45) is -3.90. The van der Waals surface area contributed by atoms with Crippen molar-refractivity contribution in [2.75, 3.05) is 13.7 Å². The first kappa shape index (κ1) is 23.6. The van der Waals surface area contributed by atoms with Gasteiger partial charge in [-0.15, -0.1) is 0 Å². The van der Waals surface area contributed by atoms with Crippen LogP contribution in [0.5, 0.6) is 5.75 Å². The van der Waals surface area contributed by atoms with Gasteiger partial charge in [0.25, 0.3) is 0 Å². The topological polar surface area (TPSA) is 51.1 Å². The number of alkyl halides is 3. The number of benzene rings is 2. The number of methoxy groups -OCH3 is 1. The van der Waals surface area contributed by atoms with Crippen LogP contribution in [0.25, 0.3) is 0 Å². The number of amides is 1. The minimum Gasteiger partial charge on any atom is -0.496 e. The van der Waals surface area contributed by atoms with Crippen molar-refractivity contribution in [2.45, 2.75) is 45.5 Å². The molecule has 0 aromatic heterocycles. The van der Waals surface area contributed by atoms with Crippen molar-refractivity contribution < 1.29 is 27.5 Å². The second kappa shape index (κ2) is 10.1. The summed E-state index contributed by atoms with van der Waals surface area (Å²) in [4.78, 5) is 20.1. The predicted molar refractivity (Wildman–Crippen MR) is 115 cm³/mol. The number of para-hydroxylation sites is 1. The molecule has 8 heteroatoms. The summed E-state index contributed by atoms with van der Waals surface area (Å²) in [5.74, 6) is 0.768. The fourth-order valence-electron chi connectivity index (χ4n) is 3.57. The Morgan fingerprint density at radius 2 is 1.88 bits per heavy atom. The van der Waals surface area contributed by atoms with Crippen molar-refractivity contribution >= 4 is 11.6 Å². The maximum Gasteiger partial charge on any atom is 0.416 e. The van der Waals surface area contributed by atoms with E-state index >= 15 is 0 Å². The monoisotopic (exact) mass is 448 g/mol. The molecule has 5 nitrogen and oxygen atoms in total. The summed E-state index contributed by atoms with van der Waals surface area (Å²) in [5, 5.41) is 4.19. The van der Waals surface area contributed by atoms with E-state index in [1.165, 1.54) is 12.1 Å². The quantitative estimate of drug-likeness (QED) is 0.552. The SMILES string of the molecule is COc1ccccc1C1=NOC(CN(Cc2ccc(C(F)(F)F)cc2)C(=O)CC(C)C)C1. The molecule has 1 atom stereocenters. The van der Waals surface area contributed by atoms with Crippen LogP contribution >= 0.6 is 0 Å². The standard InChI is InChI=1S/C24H27F3N2O3/c1-16(2)12-23(30)29(14-17-8-10-18(11-9-17)24(25,26)27)15-19-13-21(28-32-19)20-6-4-5-7-22(20)31-3/h4-11,16,19H,12-15H2,1-3H3. The van der Waals surface area contributed by atoms with E-state index in [4.69, 9.17) is 9.57 Å². The zero-order chi connectivity index (χ0) is 23.3. The Kier molecular flexibility index (Phi) is 7.43. The number of carbonyl (C=O) groups excluding carboxylic acids is 1. The van der Waals surface area contributed by atoms with Gasteiger partial charge in [-0.1, -0.05) is 43.3 Å². The lowest BCUT2D eigenvalue weighted by atomic mass is 10.0. The van der Waals surface area contributed by atoms with E-state index < -0.39 is 11.7 Å². The van der Waals surface area contributed by atoms with Crippen LogP contribution in [0, 0.1) is 5.92 Å². The van der Waals surface area contributed by atoms with Gasteiger partial charge in [-0.05, 0) is 35.7 Å². The van der Waals surface area contributed by atoms with Gasteiger partial charge in [0, 0.05) is 24.9 Å². The number of nitrogens with zero attached hydrogens (tertiary/aromatic N) is 2. The van der Waals surface area contributed by atoms with Crippen molar-refractivity contribution in [2.24, 2.45) is 11.1 Å². The van der Waals surface area contributed by atoms with Gasteiger partial charge >= 0.3 is 6.18 Å². The number of hydrogen-bond acceptors (Lipinski definition) is 4. The molecule has 0 aliphatic carbocycles. The first-order chi connectivity index (χ1) is 15.2. The first-order valence-electron chi connectivity index (χ1n) is 10.5. The molecule has 0 N–H and O–H groups in total. The molecular weight excluding hydrogens is 421 g/mol. The summed E-state index contributed by atoms with van der Waals surface area (Å²) in [6, 6.07) is 12.4. The molecule has 0 bridgehead atoms. The number of halogens is 3. The van der Waals surface area contributed by atoms with Gasteiger partial charge in [0.2, 0.25) is 5.91 Å². The Morgan fingerprint density at radius 1 is 1.19 bits per heavy atom. The minimum absolute atomic E-state index is 0.0748. The molecule has 1 aliphatic rings. The molecule has 0 radical (unpaired) electrons. The molecule has 32 heavy (non-hydrogen) atoms. The fourth-order valence-corrected chi connectivity index (χ4v) is 3.57. The number of carbonyl (C=O) groups is 1. The number of rotatable bonds is 8. The van der Waals surface area contributed by atoms with E-state index in [-0.39, 0.29) is 31.0 Å². The molecule has 2 aromatic carbocycles. The third kappa shape index (κ3) is 6.02. The van der Waals surface area contributed by atoms with Gasteiger partial charge in [-0.25, -0.2) is 0 Å². The average Bonchev–Trinajstić information content (AvgIpc) is 3.21. The van der Waals surface area contributed by atoms with E-state index in [0.29, 0.717) is 24.2 Å². The van der Waals surface area contributed by atoms with E-state index in [1.807, 2.05) is 38.1 Å². The number of hydrogen-bond donors (Lipinski definition) is 0. The normalized spacial score (nSPS) is 16.0. The highest BCUT2D eigenvalue weighted by Gasteiger charge is 2.31. The first-order valence-corrected chi connectivity index (χ1v) is 10.5. The number of ether oxygens (including phenoxy) is 1. The molecule has 0 spiro atoms. The summed E-state index contributed by atoms with van der Waals surface area (Å²) < 4.78 is 43.9. The van der Waals surface area contributed by atoms with Crippen LogP contribution in [0.1, 0.15) is 43.4 Å². The minimum atomic E-state index is -4.39. The molecule has 1 amide bonds. The molecule has 1 heterocycles. The fraction of sp³-hybridized carbons (Fsp3) is 0.417. The van der Waals surface area contributed by atoms with Gasteiger partial charge in [0.1, 0.15) is 5.75 Å². The lowest BCUT2D eigenvalue weighted by Gasteiger charge is -2.26. The van der Waals surface area contributed by atoms with Crippen LogP contribution in [0.15, 0.2) is 53.7 Å². The van der Waals surface area contributed by atoms with Gasteiger partial charge in [-0.3, -0.25) is 4.79 Å². The van der Waals surface area contributed by atoms with Crippen molar-refractivity contribution in [1.29, 1.82) is 0 Å². The molecular formula is C24H27F3N2O3. The zero-order valence-corrected chi connectivity index (χ0v) is 18.4. The highest BCUT2D eigenvalue weighted by molar-refractivity contribution is 6.03. The highest BCUT2D eigenvalue weighted by atomic mass is 19.4. The lowest BCUT2D eigenvalue weighted by molar-refractivity contribution is -0.138. The third-order valence-electron chi connectivity index (χ3n) is 5.17. The zero-order valence-electron chi connectivity index (χ0n) is 18.4. The van der Waals surface area contributed by atoms with Crippen molar-refractivity contribution in [1.82, 2.24) is 4.90 Å². The molecule has 0 saturated heterocycles. The second-order valence-corrected chi connectivity index (χ2v) is 8.24. The average molecular weight is 448 g/mol. The summed E-state index contributed by atoms with van der Waals surface area (Å²) in [5.41, 5.74) is 1.48. The van der Waals surface area contributed by atoms with Crippen LogP contribution in [0.4, 0.5) is 13.2 Å². The summed E-state index contributed by atoms with van der Waals surface area (Å²) in [6.45, 7) is 4.38. The van der Waals surface area contributed by atoms with E-state index in [2.05, 4.69) is 5.16 Å². The maximum absolute atomic E-state index is 12.9. The van der Waals surface area contributed by atoms with Gasteiger partial charge in [0.15, 0.2) is 6.10 Å². The third-order valence-corrected chi connectivity index (χ3v) is 5.17. The van der Waals surface area contributed by atoms with Crippen LogP contribution in [-0.4, -0.2) is 36.3 Å². The smallest absolute Gasteiger partial charge is 0.416 e. The predicted octanol–water partition coefficient (Wildman–Crippen LogP) is 5.28. The lowest BCUT2D eigenvalue weighted by Crippen LogP contribution is -2.37. The summed E-state index contributed by atoms with van der Waals surface area (Å²) in [7, 11) is 1.59. The maximum atomic E-state index is 12.9. The molecule has 2 aromatic rings. The van der Waals surface area contributed by atoms with Gasteiger partial charge in [0.05, 0.1) is 24.9 Å². The van der Waals surface area contributed by atoms with Crippen LogP contribution in [0.3, 0.4) is 0 Å². The van der Waals surface area contributed by atoms with Crippen molar-refractivity contribution in [3.63, 3.8) is 0 Å². The molecule has 172 valence electrons. The Hall–Kier alpha value is -3.03. The van der Waals surface area contributed by atoms with Crippen LogP contribution in [-0.2, 0) is 22.4 Å². The molecule has 0 fully saturated rings. The Balaban J connectivity index is 1.71. The van der Waals surface area contributed by atoms with Crippen molar-refractivity contribution in [3.05, 3.63) is 65.2 Å². The summed E-state index contributed by atoms with van der Waals surface area (Å²) >= 11 is 0.